The average Bonchev–Trinajstić information content (AvgIpc) is 2.96. The molecular formula is C32H37F2N3O7. The van der Waals surface area contributed by atoms with E-state index in [4.69, 9.17) is 18.9 Å². The summed E-state index contributed by atoms with van der Waals surface area (Å²) in [6.45, 7) is 6.63. The number of ether oxygens (including phenoxy) is 4. The van der Waals surface area contributed by atoms with E-state index in [1.807, 2.05) is 13.8 Å². The summed E-state index contributed by atoms with van der Waals surface area (Å²) in [5.41, 5.74) is 0.669. The van der Waals surface area contributed by atoms with Gasteiger partial charge in [-0.3, -0.25) is 14.4 Å². The number of carbonyl (C=O) groups excluding carboxylic acids is 3. The van der Waals surface area contributed by atoms with E-state index in [1.165, 1.54) is 64.8 Å². The van der Waals surface area contributed by atoms with Crippen LogP contribution in [0.15, 0.2) is 48.7 Å². The molecule has 0 aliphatic carbocycles. The molecular weight excluding hydrogens is 576 g/mol. The number of amides is 2. The third kappa shape index (κ3) is 8.21. The molecule has 10 nitrogen and oxygen atoms in total. The van der Waals surface area contributed by atoms with Gasteiger partial charge in [-0.2, -0.15) is 0 Å². The first-order chi connectivity index (χ1) is 20.9. The molecule has 2 aromatic carbocycles. The van der Waals surface area contributed by atoms with Crippen LogP contribution in [0, 0.1) is 17.6 Å². The number of nitrogens with zero attached hydrogens (tertiary/aromatic N) is 1. The van der Waals surface area contributed by atoms with Crippen molar-refractivity contribution in [3.63, 3.8) is 0 Å². The minimum atomic E-state index is -1.04. The zero-order valence-corrected chi connectivity index (χ0v) is 25.7. The minimum absolute atomic E-state index is 0.0188. The highest BCUT2D eigenvalue weighted by Crippen LogP contribution is 2.34. The van der Waals surface area contributed by atoms with Gasteiger partial charge in [-0.1, -0.05) is 26.0 Å². The fraction of sp³-hybridized carbons (Fsp3) is 0.375. The molecule has 1 aromatic heterocycles. The lowest BCUT2D eigenvalue weighted by Crippen LogP contribution is -2.51. The van der Waals surface area contributed by atoms with Crippen molar-refractivity contribution in [3.8, 4) is 23.0 Å². The van der Waals surface area contributed by atoms with Crippen LogP contribution < -0.4 is 29.6 Å². The first kappa shape index (κ1) is 33.8. The van der Waals surface area contributed by atoms with Gasteiger partial charge < -0.3 is 29.6 Å². The third-order valence-electron chi connectivity index (χ3n) is 6.82. The molecule has 0 radical (unpaired) electrons. The van der Waals surface area contributed by atoms with Crippen LogP contribution in [0.25, 0.3) is 0 Å². The number of pyridine rings is 1. The second-order valence-corrected chi connectivity index (χ2v) is 10.5. The molecule has 0 fully saturated rings. The zero-order chi connectivity index (χ0) is 32.6. The summed E-state index contributed by atoms with van der Waals surface area (Å²) in [5.74, 6) is -3.96. The Hall–Kier alpha value is -4.74. The van der Waals surface area contributed by atoms with Gasteiger partial charge >= 0.3 is 5.97 Å². The molecule has 2 amide bonds. The summed E-state index contributed by atoms with van der Waals surface area (Å²) in [6, 6.07) is 8.40. The van der Waals surface area contributed by atoms with Gasteiger partial charge in [-0.15, -0.1) is 0 Å². The minimum Gasteiger partial charge on any atom is -0.494 e. The highest BCUT2D eigenvalue weighted by molar-refractivity contribution is 5.99. The van der Waals surface area contributed by atoms with E-state index in [2.05, 4.69) is 15.6 Å². The Bertz CT molecular complexity index is 1450. The van der Waals surface area contributed by atoms with Crippen LogP contribution in [0.1, 0.15) is 61.6 Å². The van der Waals surface area contributed by atoms with Crippen LogP contribution >= 0.6 is 0 Å². The van der Waals surface area contributed by atoms with Gasteiger partial charge in [0.25, 0.3) is 5.91 Å². The molecule has 0 bridgehead atoms. The van der Waals surface area contributed by atoms with E-state index in [1.54, 1.807) is 19.1 Å². The summed E-state index contributed by atoms with van der Waals surface area (Å²) in [6.07, 6.45) is 1.56. The van der Waals surface area contributed by atoms with Crippen molar-refractivity contribution in [1.29, 1.82) is 0 Å². The smallest absolute Gasteiger partial charge is 0.308 e. The van der Waals surface area contributed by atoms with Crippen molar-refractivity contribution < 1.29 is 42.1 Å². The maximum atomic E-state index is 14.8. The van der Waals surface area contributed by atoms with Gasteiger partial charge in [0.15, 0.2) is 34.6 Å². The number of nitrogens with one attached hydrogen (secondary N) is 2. The van der Waals surface area contributed by atoms with Crippen molar-refractivity contribution in [2.45, 2.75) is 52.1 Å². The van der Waals surface area contributed by atoms with Crippen molar-refractivity contribution in [2.75, 3.05) is 21.3 Å². The Kier molecular flexibility index (Phi) is 11.6. The average molecular weight is 614 g/mol. The monoisotopic (exact) mass is 613 g/mol. The molecule has 0 aliphatic heterocycles. The van der Waals surface area contributed by atoms with E-state index in [9.17, 15) is 23.2 Å². The number of halogens is 2. The molecule has 236 valence electrons. The molecule has 0 aliphatic rings. The second kappa shape index (κ2) is 15.1. The van der Waals surface area contributed by atoms with E-state index in [-0.39, 0.29) is 41.0 Å². The van der Waals surface area contributed by atoms with Crippen LogP contribution in [0.4, 0.5) is 8.78 Å². The van der Waals surface area contributed by atoms with Crippen LogP contribution in [0.3, 0.4) is 0 Å². The van der Waals surface area contributed by atoms with E-state index in [0.717, 1.165) is 0 Å². The van der Waals surface area contributed by atoms with E-state index in [0.29, 0.717) is 11.1 Å². The largest absolute Gasteiger partial charge is 0.494 e. The molecule has 2 N–H and O–H groups in total. The lowest BCUT2D eigenvalue weighted by molar-refractivity contribution is -0.132. The van der Waals surface area contributed by atoms with Gasteiger partial charge in [0.05, 0.1) is 21.3 Å². The van der Waals surface area contributed by atoms with Crippen LogP contribution in [0.5, 0.6) is 23.0 Å². The molecule has 3 aromatic rings. The summed E-state index contributed by atoms with van der Waals surface area (Å²) < 4.78 is 50.1. The maximum absolute atomic E-state index is 14.8. The Balaban J connectivity index is 1.95. The number of esters is 1. The highest BCUT2D eigenvalue weighted by atomic mass is 19.1. The summed E-state index contributed by atoms with van der Waals surface area (Å²) in [5, 5.41) is 5.60. The Morgan fingerprint density at radius 3 is 1.82 bits per heavy atom. The summed E-state index contributed by atoms with van der Waals surface area (Å²) >= 11 is 0. The lowest BCUT2D eigenvalue weighted by Gasteiger charge is -2.29. The van der Waals surface area contributed by atoms with Crippen molar-refractivity contribution >= 4 is 17.8 Å². The van der Waals surface area contributed by atoms with Gasteiger partial charge in [-0.25, -0.2) is 13.8 Å². The van der Waals surface area contributed by atoms with Gasteiger partial charge in [0.2, 0.25) is 11.7 Å². The molecule has 0 saturated carbocycles. The molecule has 0 unspecified atom stereocenters. The summed E-state index contributed by atoms with van der Waals surface area (Å²) in [7, 11) is 4.04. The molecule has 2 atom stereocenters. The predicted octanol–water partition coefficient (Wildman–Crippen LogP) is 4.79. The number of aromatic nitrogens is 1. The highest BCUT2D eigenvalue weighted by Gasteiger charge is 2.31. The number of hydrogen-bond acceptors (Lipinski definition) is 8. The number of carbonyl (C=O) groups is 3. The quantitative estimate of drug-likeness (QED) is 0.264. The maximum Gasteiger partial charge on any atom is 0.308 e. The fourth-order valence-electron chi connectivity index (χ4n) is 4.86. The van der Waals surface area contributed by atoms with E-state index < -0.39 is 47.4 Å². The van der Waals surface area contributed by atoms with Gasteiger partial charge in [0.1, 0.15) is 6.04 Å². The zero-order valence-electron chi connectivity index (χ0n) is 25.7. The second-order valence-electron chi connectivity index (χ2n) is 10.5. The molecule has 0 saturated heterocycles. The molecule has 44 heavy (non-hydrogen) atoms. The Labute approximate surface area is 255 Å². The van der Waals surface area contributed by atoms with E-state index >= 15 is 0 Å². The lowest BCUT2D eigenvalue weighted by atomic mass is 9.85. The molecule has 0 spiro atoms. The fourth-order valence-corrected chi connectivity index (χ4v) is 4.86. The Morgan fingerprint density at radius 2 is 1.36 bits per heavy atom. The van der Waals surface area contributed by atoms with Crippen molar-refractivity contribution in [2.24, 2.45) is 5.92 Å². The summed E-state index contributed by atoms with van der Waals surface area (Å²) in [4.78, 5) is 42.8. The SMILES string of the molecule is COc1ccc(C(c2ccc(OC)c(F)c2)[C@H](C)NC(=O)[C@H](CC(C)C)NC(=O)c2nccc(OC)c2OC(C)=O)cc1F. The first-order valence-electron chi connectivity index (χ1n) is 13.9. The topological polar surface area (TPSA) is 125 Å². The van der Waals surface area contributed by atoms with Crippen molar-refractivity contribution in [1.82, 2.24) is 15.6 Å². The van der Waals surface area contributed by atoms with Crippen LogP contribution in [-0.2, 0) is 9.59 Å². The number of benzene rings is 2. The third-order valence-corrected chi connectivity index (χ3v) is 6.82. The van der Waals surface area contributed by atoms with Crippen LogP contribution in [-0.4, -0.2) is 56.2 Å². The molecule has 3 rings (SSSR count). The number of rotatable bonds is 13. The predicted molar refractivity (Wildman–Crippen MR) is 158 cm³/mol. The molecule has 1 heterocycles. The normalized spacial score (nSPS) is 12.3. The van der Waals surface area contributed by atoms with Gasteiger partial charge in [-0.05, 0) is 54.7 Å². The number of hydrogen-bond donors (Lipinski definition) is 2. The first-order valence-corrected chi connectivity index (χ1v) is 13.9. The van der Waals surface area contributed by atoms with Gasteiger partial charge in [0, 0.05) is 31.1 Å². The standard InChI is InChI=1S/C32H37F2N3O7/c1-17(2)14-24(37-32(40)29-30(44-19(4)38)27(43-7)12-13-35-29)31(39)36-18(3)28(20-8-10-25(41-5)22(33)15-20)21-9-11-26(42-6)23(34)16-21/h8-13,15-18,24,28H,14H2,1-7H3,(H,36,39)(H,37,40)/t18-,24-/m0/s1. The molecule has 12 heteroatoms. The Morgan fingerprint density at radius 1 is 0.818 bits per heavy atom. The number of methoxy groups -OCH3 is 3. The van der Waals surface area contributed by atoms with Crippen LogP contribution in [0.2, 0.25) is 0 Å². The van der Waals surface area contributed by atoms with Crippen molar-refractivity contribution in [3.05, 3.63) is 77.1 Å².